The maximum absolute atomic E-state index is 5.91. The molecular formula is C26H34Cl4N6. The van der Waals surface area contributed by atoms with Crippen LogP contribution in [0.5, 0.6) is 0 Å². The number of benzene rings is 2. The van der Waals surface area contributed by atoms with Gasteiger partial charge < -0.3 is 9.80 Å². The number of hydrogen-bond acceptors (Lipinski definition) is 6. The third kappa shape index (κ3) is 9.22. The molecule has 36 heavy (non-hydrogen) atoms. The molecule has 1 fully saturated rings. The summed E-state index contributed by atoms with van der Waals surface area (Å²) in [5.74, 6) is 2.30. The fourth-order valence-corrected chi connectivity index (χ4v) is 4.72. The molecule has 0 radical (unpaired) electrons. The number of piperazine rings is 1. The maximum Gasteiger partial charge on any atom is 0.0553 e. The molecule has 1 saturated heterocycles. The minimum Gasteiger partial charge on any atom is -0.369 e. The van der Waals surface area contributed by atoms with Gasteiger partial charge in [0.1, 0.15) is 0 Å². The summed E-state index contributed by atoms with van der Waals surface area (Å²) in [6, 6.07) is 16.7. The lowest BCUT2D eigenvalue weighted by Gasteiger charge is -2.31. The van der Waals surface area contributed by atoms with E-state index in [2.05, 4.69) is 78.6 Å². The molecule has 3 rings (SSSR count). The Morgan fingerprint density at radius 3 is 1.14 bits per heavy atom. The van der Waals surface area contributed by atoms with Crippen LogP contribution >= 0.6 is 46.4 Å². The Balaban J connectivity index is 1.46. The topological polar surface area (TPSA) is 37.7 Å². The molecule has 196 valence electrons. The van der Waals surface area contributed by atoms with E-state index in [9.17, 15) is 0 Å². The van der Waals surface area contributed by atoms with Crippen molar-refractivity contribution >= 4 is 70.2 Å². The van der Waals surface area contributed by atoms with Crippen molar-refractivity contribution in [2.24, 2.45) is 10.2 Å². The van der Waals surface area contributed by atoms with E-state index in [4.69, 9.17) is 46.4 Å². The molecule has 0 spiro atoms. The second kappa shape index (κ2) is 16.1. The lowest BCUT2D eigenvalue weighted by atomic mass is 10.2. The highest BCUT2D eigenvalue weighted by Crippen LogP contribution is 2.16. The Morgan fingerprint density at radius 1 is 0.556 bits per heavy atom. The average molecular weight is 572 g/mol. The van der Waals surface area contributed by atoms with Gasteiger partial charge in [0.25, 0.3) is 0 Å². The van der Waals surface area contributed by atoms with Crippen molar-refractivity contribution in [2.45, 2.75) is 0 Å². The zero-order valence-corrected chi connectivity index (χ0v) is 23.5. The number of halogens is 4. The minimum absolute atomic E-state index is 0.575. The monoisotopic (exact) mass is 570 g/mol. The zero-order valence-electron chi connectivity index (χ0n) is 20.5. The van der Waals surface area contributed by atoms with E-state index < -0.39 is 0 Å². The summed E-state index contributed by atoms with van der Waals surface area (Å²) in [4.78, 5) is 4.37. The molecule has 0 atom stereocenters. The molecule has 0 saturated carbocycles. The lowest BCUT2D eigenvalue weighted by Crippen LogP contribution is -2.41. The molecule has 0 unspecified atom stereocenters. The Bertz CT molecular complexity index is 841. The number of alkyl halides is 4. The number of hydrazone groups is 2. The van der Waals surface area contributed by atoms with Crippen molar-refractivity contribution in [3.63, 3.8) is 0 Å². The first kappa shape index (κ1) is 28.7. The van der Waals surface area contributed by atoms with Crippen LogP contribution in [0.15, 0.2) is 58.7 Å². The second-order valence-electron chi connectivity index (χ2n) is 8.31. The van der Waals surface area contributed by atoms with Gasteiger partial charge in [-0.1, -0.05) is 24.3 Å². The van der Waals surface area contributed by atoms with E-state index >= 15 is 0 Å². The fraction of sp³-hybridized carbons (Fsp3) is 0.462. The van der Waals surface area contributed by atoms with Crippen LogP contribution in [0.1, 0.15) is 11.1 Å². The fourth-order valence-electron chi connectivity index (χ4n) is 3.90. The van der Waals surface area contributed by atoms with Gasteiger partial charge >= 0.3 is 0 Å². The molecule has 0 aliphatic carbocycles. The summed E-state index contributed by atoms with van der Waals surface area (Å²) >= 11 is 23.7. The molecule has 6 nitrogen and oxygen atoms in total. The first-order chi connectivity index (χ1) is 17.7. The van der Waals surface area contributed by atoms with E-state index in [1.54, 1.807) is 0 Å². The first-order valence-corrected chi connectivity index (χ1v) is 14.3. The molecule has 0 amide bonds. The van der Waals surface area contributed by atoms with Gasteiger partial charge in [-0.15, -0.1) is 46.4 Å². The molecule has 2 aromatic carbocycles. The molecule has 0 aromatic heterocycles. The third-order valence-corrected chi connectivity index (χ3v) is 6.58. The van der Waals surface area contributed by atoms with Crippen LogP contribution in [0.2, 0.25) is 0 Å². The number of nitrogens with zero attached hydrogens (tertiary/aromatic N) is 6. The summed E-state index contributed by atoms with van der Waals surface area (Å²) < 4.78 is 0. The van der Waals surface area contributed by atoms with E-state index in [1.165, 1.54) is 0 Å². The quantitative estimate of drug-likeness (QED) is 0.229. The largest absolute Gasteiger partial charge is 0.369 e. The van der Waals surface area contributed by atoms with Crippen LogP contribution in [-0.2, 0) is 0 Å². The summed E-state index contributed by atoms with van der Waals surface area (Å²) in [5.41, 5.74) is 4.37. The van der Waals surface area contributed by atoms with E-state index in [-0.39, 0.29) is 0 Å². The van der Waals surface area contributed by atoms with Crippen LogP contribution in [0.25, 0.3) is 0 Å². The summed E-state index contributed by atoms with van der Waals surface area (Å²) in [5, 5.41) is 13.5. The lowest BCUT2D eigenvalue weighted by molar-refractivity contribution is 0.141. The van der Waals surface area contributed by atoms with Crippen molar-refractivity contribution in [2.75, 3.05) is 85.7 Å². The number of rotatable bonds is 14. The first-order valence-electron chi connectivity index (χ1n) is 12.2. The summed E-state index contributed by atoms with van der Waals surface area (Å²) in [6.07, 6.45) is 3.82. The Labute approximate surface area is 235 Å². The normalized spacial score (nSPS) is 14.2. The maximum atomic E-state index is 5.91. The van der Waals surface area contributed by atoms with Gasteiger partial charge in [0.05, 0.1) is 38.6 Å². The van der Waals surface area contributed by atoms with E-state index in [0.717, 1.165) is 74.9 Å². The molecule has 2 aromatic rings. The van der Waals surface area contributed by atoms with Crippen molar-refractivity contribution in [3.8, 4) is 0 Å². The Hall–Kier alpha value is -1.86. The van der Waals surface area contributed by atoms with Gasteiger partial charge in [0.2, 0.25) is 0 Å². The van der Waals surface area contributed by atoms with Crippen molar-refractivity contribution < 1.29 is 0 Å². The van der Waals surface area contributed by atoms with Crippen LogP contribution in [0, 0.1) is 0 Å². The van der Waals surface area contributed by atoms with Crippen LogP contribution < -0.4 is 9.80 Å². The standard InChI is InChI=1S/C26H34Cl4N6/c27-9-13-33(14-10-28)25-5-1-23(2-6-25)21-31-35-17-19-36(20-18-35)32-22-24-3-7-26(8-4-24)34(15-11-29)16-12-30/h1-8,21-22H,9-20H2/b31-21-,32-22-. The van der Waals surface area contributed by atoms with Gasteiger partial charge in [-0.2, -0.15) is 10.2 Å². The third-order valence-electron chi connectivity index (χ3n) is 5.91. The van der Waals surface area contributed by atoms with Crippen LogP contribution in [0.4, 0.5) is 11.4 Å². The van der Waals surface area contributed by atoms with Crippen LogP contribution in [-0.4, -0.2) is 98.3 Å². The minimum atomic E-state index is 0.575. The summed E-state index contributed by atoms with van der Waals surface area (Å²) in [7, 11) is 0. The van der Waals surface area contributed by atoms with E-state index in [0.29, 0.717) is 23.5 Å². The van der Waals surface area contributed by atoms with Crippen molar-refractivity contribution in [1.29, 1.82) is 0 Å². The molecule has 1 heterocycles. The predicted molar refractivity (Wildman–Crippen MR) is 159 cm³/mol. The Morgan fingerprint density at radius 2 is 0.861 bits per heavy atom. The van der Waals surface area contributed by atoms with E-state index in [1.807, 2.05) is 12.4 Å². The molecular weight excluding hydrogens is 538 g/mol. The van der Waals surface area contributed by atoms with Crippen molar-refractivity contribution in [3.05, 3.63) is 59.7 Å². The highest BCUT2D eigenvalue weighted by Gasteiger charge is 2.13. The van der Waals surface area contributed by atoms with Gasteiger partial charge in [-0.25, -0.2) is 0 Å². The highest BCUT2D eigenvalue weighted by atomic mass is 35.5. The Kier molecular flexibility index (Phi) is 12.8. The molecule has 10 heteroatoms. The summed E-state index contributed by atoms with van der Waals surface area (Å²) in [6.45, 7) is 6.43. The zero-order chi connectivity index (χ0) is 25.6. The average Bonchev–Trinajstić information content (AvgIpc) is 2.92. The van der Waals surface area contributed by atoms with Gasteiger partial charge in [-0.05, 0) is 35.4 Å². The van der Waals surface area contributed by atoms with Crippen LogP contribution in [0.3, 0.4) is 0 Å². The smallest absolute Gasteiger partial charge is 0.0553 e. The van der Waals surface area contributed by atoms with Gasteiger partial charge in [0.15, 0.2) is 0 Å². The molecule has 0 bridgehead atoms. The highest BCUT2D eigenvalue weighted by molar-refractivity contribution is 6.19. The second-order valence-corrected chi connectivity index (χ2v) is 9.82. The van der Waals surface area contributed by atoms with Gasteiger partial charge in [-0.3, -0.25) is 10.0 Å². The predicted octanol–water partition coefficient (Wildman–Crippen LogP) is 5.24. The SMILES string of the molecule is ClCCN(CCCl)c1ccc(/C=N\N2CCN(/N=C\c3ccc(N(CCCl)CCCl)cc3)CC2)cc1. The molecule has 1 aliphatic rings. The molecule has 1 aliphatic heterocycles. The number of anilines is 2. The van der Waals surface area contributed by atoms with Gasteiger partial charge in [0, 0.05) is 61.1 Å². The van der Waals surface area contributed by atoms with Crippen molar-refractivity contribution in [1.82, 2.24) is 10.0 Å². The number of hydrogen-bond donors (Lipinski definition) is 0. The molecule has 0 N–H and O–H groups in total.